The third kappa shape index (κ3) is 4.72. The highest BCUT2D eigenvalue weighted by Crippen LogP contribution is 2.28. The Kier molecular flexibility index (Phi) is 5.29. The second kappa shape index (κ2) is 7.50. The molecule has 0 radical (unpaired) electrons. The van der Waals surface area contributed by atoms with E-state index in [1.165, 1.54) is 18.2 Å². The number of H-pyrrole nitrogens is 1. The molecule has 2 heterocycles. The topological polar surface area (TPSA) is 82.6 Å². The molecule has 0 spiro atoms. The molecule has 1 aliphatic heterocycles. The van der Waals surface area contributed by atoms with Crippen LogP contribution in [0.15, 0.2) is 24.3 Å². The number of alkyl halides is 3. The molecule has 1 saturated heterocycles. The minimum Gasteiger partial charge on any atom is -0.481 e. The van der Waals surface area contributed by atoms with E-state index in [1.54, 1.807) is 11.0 Å². The molecular weight excluding hydrogens is 365 g/mol. The van der Waals surface area contributed by atoms with E-state index in [-0.39, 0.29) is 29.8 Å². The Balaban J connectivity index is 1.80. The number of halogens is 3. The van der Waals surface area contributed by atoms with E-state index in [9.17, 15) is 22.8 Å². The van der Waals surface area contributed by atoms with Gasteiger partial charge in [-0.05, 0) is 43.9 Å². The lowest BCUT2D eigenvalue weighted by Crippen LogP contribution is -2.44. The zero-order valence-electron chi connectivity index (χ0n) is 14.4. The fourth-order valence-electron chi connectivity index (χ4n) is 3.43. The van der Waals surface area contributed by atoms with Crippen molar-refractivity contribution in [3.05, 3.63) is 30.0 Å². The van der Waals surface area contributed by atoms with Crippen molar-refractivity contribution in [2.75, 3.05) is 6.54 Å². The van der Waals surface area contributed by atoms with Gasteiger partial charge in [0.2, 0.25) is 0 Å². The zero-order valence-corrected chi connectivity index (χ0v) is 14.4. The first-order valence-electron chi connectivity index (χ1n) is 8.64. The molecule has 2 aromatic rings. The maximum absolute atomic E-state index is 12.9. The normalized spacial score (nSPS) is 17.9. The van der Waals surface area contributed by atoms with Crippen LogP contribution in [-0.4, -0.2) is 45.8 Å². The number of carboxylic acids is 1. The predicted molar refractivity (Wildman–Crippen MR) is 90.5 cm³/mol. The number of hydrogen-bond donors (Lipinski definition) is 2. The van der Waals surface area contributed by atoms with E-state index in [1.807, 2.05) is 0 Å². The number of carbonyl (C=O) groups is 2. The van der Waals surface area contributed by atoms with E-state index in [0.717, 1.165) is 19.3 Å². The number of ether oxygens (including phenoxy) is 1. The number of rotatable bonds is 5. The number of carbonyl (C=O) groups excluding carboxylic acids is 1. The summed E-state index contributed by atoms with van der Waals surface area (Å²) in [5.74, 6) is -1.55. The van der Waals surface area contributed by atoms with Gasteiger partial charge in [-0.15, -0.1) is 13.2 Å². The van der Waals surface area contributed by atoms with Gasteiger partial charge in [-0.25, -0.2) is 0 Å². The van der Waals surface area contributed by atoms with Crippen molar-refractivity contribution < 1.29 is 32.6 Å². The number of fused-ring (bicyclic) bond motifs is 1. The summed E-state index contributed by atoms with van der Waals surface area (Å²) in [7, 11) is 0. The Hall–Kier alpha value is -2.71. The molecule has 1 fully saturated rings. The Morgan fingerprint density at radius 3 is 2.74 bits per heavy atom. The van der Waals surface area contributed by atoms with Crippen molar-refractivity contribution in [1.29, 1.82) is 0 Å². The summed E-state index contributed by atoms with van der Waals surface area (Å²) in [6.07, 6.45) is -1.92. The Bertz CT molecular complexity index is 847. The summed E-state index contributed by atoms with van der Waals surface area (Å²) in [5, 5.41) is 9.48. The molecule has 1 aliphatic rings. The van der Waals surface area contributed by atoms with Gasteiger partial charge in [-0.2, -0.15) is 0 Å². The highest BCUT2D eigenvalue weighted by molar-refractivity contribution is 5.98. The summed E-state index contributed by atoms with van der Waals surface area (Å²) in [6.45, 7) is 0.529. The van der Waals surface area contributed by atoms with E-state index in [4.69, 9.17) is 5.11 Å². The molecule has 146 valence electrons. The maximum Gasteiger partial charge on any atom is 0.573 e. The fourth-order valence-corrected chi connectivity index (χ4v) is 3.43. The van der Waals surface area contributed by atoms with Crippen LogP contribution in [0.2, 0.25) is 0 Å². The number of amides is 1. The van der Waals surface area contributed by atoms with Crippen LogP contribution in [0, 0.1) is 0 Å². The molecule has 1 atom stereocenters. The summed E-state index contributed by atoms with van der Waals surface area (Å²) < 4.78 is 41.0. The largest absolute Gasteiger partial charge is 0.573 e. The second-order valence-electron chi connectivity index (χ2n) is 6.56. The third-order valence-electron chi connectivity index (χ3n) is 4.64. The minimum atomic E-state index is -4.79. The fraction of sp³-hybridized carbons (Fsp3) is 0.444. The van der Waals surface area contributed by atoms with Crippen LogP contribution in [0.1, 0.15) is 42.6 Å². The van der Waals surface area contributed by atoms with Crippen LogP contribution < -0.4 is 4.74 Å². The van der Waals surface area contributed by atoms with E-state index < -0.39 is 12.3 Å². The molecule has 6 nitrogen and oxygen atoms in total. The summed E-state index contributed by atoms with van der Waals surface area (Å²) in [5.41, 5.74) is 0.621. The number of aromatic nitrogens is 1. The maximum atomic E-state index is 12.9. The van der Waals surface area contributed by atoms with Gasteiger partial charge in [0.15, 0.2) is 0 Å². The monoisotopic (exact) mass is 384 g/mol. The lowest BCUT2D eigenvalue weighted by molar-refractivity contribution is -0.274. The number of aromatic amines is 1. The van der Waals surface area contributed by atoms with Gasteiger partial charge in [0.05, 0.1) is 0 Å². The standard InChI is InChI=1S/C18H19F3N2O4/c19-18(20,21)27-13-6-4-11-9-15(22-14(11)10-13)17(26)23-8-2-1-3-12(23)5-7-16(24)25/h4,6,9-10,12,22H,1-3,5,7-8H2,(H,24,25). The number of likely N-dealkylation sites (tertiary alicyclic amines) is 1. The molecule has 1 unspecified atom stereocenters. The molecular formula is C18H19F3N2O4. The molecule has 0 bridgehead atoms. The van der Waals surface area contributed by atoms with E-state index >= 15 is 0 Å². The Morgan fingerprint density at radius 2 is 2.04 bits per heavy atom. The number of piperidine rings is 1. The minimum absolute atomic E-state index is 0.0146. The molecule has 1 amide bonds. The van der Waals surface area contributed by atoms with Crippen molar-refractivity contribution in [2.24, 2.45) is 0 Å². The van der Waals surface area contributed by atoms with Crippen LogP contribution in [-0.2, 0) is 4.79 Å². The van der Waals surface area contributed by atoms with Crippen molar-refractivity contribution >= 4 is 22.8 Å². The number of nitrogens with one attached hydrogen (secondary N) is 1. The average molecular weight is 384 g/mol. The number of nitrogens with zero attached hydrogens (tertiary/aromatic N) is 1. The number of carboxylic acid groups (broad SMARTS) is 1. The van der Waals surface area contributed by atoms with Crippen LogP contribution in [0.5, 0.6) is 5.75 Å². The molecule has 9 heteroatoms. The summed E-state index contributed by atoms with van der Waals surface area (Å²) in [6, 6.07) is 5.25. The highest BCUT2D eigenvalue weighted by atomic mass is 19.4. The van der Waals surface area contributed by atoms with Crippen molar-refractivity contribution in [2.45, 2.75) is 44.5 Å². The summed E-state index contributed by atoms with van der Waals surface area (Å²) in [4.78, 5) is 28.2. The molecule has 1 aromatic heterocycles. The molecule has 1 aromatic carbocycles. The van der Waals surface area contributed by atoms with Gasteiger partial charge in [0.1, 0.15) is 11.4 Å². The van der Waals surface area contributed by atoms with Crippen LogP contribution in [0.3, 0.4) is 0 Å². The van der Waals surface area contributed by atoms with Crippen molar-refractivity contribution in [3.8, 4) is 5.75 Å². The molecule has 0 aliphatic carbocycles. The quantitative estimate of drug-likeness (QED) is 0.818. The lowest BCUT2D eigenvalue weighted by Gasteiger charge is -2.35. The van der Waals surface area contributed by atoms with E-state index in [2.05, 4.69) is 9.72 Å². The zero-order chi connectivity index (χ0) is 19.6. The van der Waals surface area contributed by atoms with Gasteiger partial charge in [-0.1, -0.05) is 0 Å². The predicted octanol–water partition coefficient (Wildman–Crippen LogP) is 3.93. The van der Waals surface area contributed by atoms with Gasteiger partial charge < -0.3 is 19.7 Å². The van der Waals surface area contributed by atoms with Crippen LogP contribution in [0.25, 0.3) is 10.9 Å². The Labute approximate surface area is 152 Å². The molecule has 0 saturated carbocycles. The smallest absolute Gasteiger partial charge is 0.481 e. The van der Waals surface area contributed by atoms with Crippen LogP contribution in [0.4, 0.5) is 13.2 Å². The Morgan fingerprint density at radius 1 is 1.26 bits per heavy atom. The van der Waals surface area contributed by atoms with Gasteiger partial charge in [-0.3, -0.25) is 9.59 Å². The third-order valence-corrected chi connectivity index (χ3v) is 4.64. The first kappa shape index (κ1) is 19.1. The lowest BCUT2D eigenvalue weighted by atomic mass is 9.97. The van der Waals surface area contributed by atoms with Crippen LogP contribution >= 0.6 is 0 Å². The molecule has 27 heavy (non-hydrogen) atoms. The average Bonchev–Trinajstić information content (AvgIpc) is 3.01. The number of aliphatic carboxylic acids is 1. The van der Waals surface area contributed by atoms with Gasteiger partial charge in [0, 0.05) is 36.0 Å². The van der Waals surface area contributed by atoms with Gasteiger partial charge in [0.25, 0.3) is 5.91 Å². The SMILES string of the molecule is O=C(O)CCC1CCCCN1C(=O)c1cc2ccc(OC(F)(F)F)cc2[nH]1. The van der Waals surface area contributed by atoms with Gasteiger partial charge >= 0.3 is 12.3 Å². The second-order valence-corrected chi connectivity index (χ2v) is 6.56. The number of benzene rings is 1. The number of hydrogen-bond acceptors (Lipinski definition) is 3. The molecule has 3 rings (SSSR count). The highest BCUT2D eigenvalue weighted by Gasteiger charge is 2.31. The first-order chi connectivity index (χ1) is 12.7. The van der Waals surface area contributed by atoms with Crippen molar-refractivity contribution in [3.63, 3.8) is 0 Å². The van der Waals surface area contributed by atoms with E-state index in [0.29, 0.717) is 23.9 Å². The summed E-state index contributed by atoms with van der Waals surface area (Å²) >= 11 is 0. The first-order valence-corrected chi connectivity index (χ1v) is 8.64. The molecule has 2 N–H and O–H groups in total. The van der Waals surface area contributed by atoms with Crippen molar-refractivity contribution in [1.82, 2.24) is 9.88 Å².